The van der Waals surface area contributed by atoms with Crippen molar-refractivity contribution in [2.45, 2.75) is 33.2 Å². The Bertz CT molecular complexity index is 1350. The fourth-order valence-electron chi connectivity index (χ4n) is 4.84. The Hall–Kier alpha value is -3.87. The molecule has 5 rings (SSSR count). The van der Waals surface area contributed by atoms with E-state index in [4.69, 9.17) is 14.8 Å². The normalized spacial score (nSPS) is 15.9. The van der Waals surface area contributed by atoms with Crippen LogP contribution >= 0.6 is 0 Å². The summed E-state index contributed by atoms with van der Waals surface area (Å²) >= 11 is 0. The van der Waals surface area contributed by atoms with Crippen LogP contribution in [0.15, 0.2) is 60.9 Å². The monoisotopic (exact) mass is 469 g/mol. The van der Waals surface area contributed by atoms with Gasteiger partial charge in [-0.1, -0.05) is 35.9 Å². The Morgan fingerprint density at radius 1 is 1.14 bits per heavy atom. The molecule has 0 aliphatic carbocycles. The molecule has 7 heteroatoms. The molecule has 3 heterocycles. The third-order valence-corrected chi connectivity index (χ3v) is 6.74. The van der Waals surface area contributed by atoms with Crippen molar-refractivity contribution < 1.29 is 9.53 Å². The molecule has 0 bridgehead atoms. The van der Waals surface area contributed by atoms with E-state index in [9.17, 15) is 4.79 Å². The maximum Gasteiger partial charge on any atom is 0.225 e. The lowest BCUT2D eigenvalue weighted by atomic mass is 9.97. The van der Waals surface area contributed by atoms with Crippen molar-refractivity contribution in [1.82, 2.24) is 19.9 Å². The Morgan fingerprint density at radius 3 is 2.74 bits per heavy atom. The summed E-state index contributed by atoms with van der Waals surface area (Å²) in [6.07, 6.45) is 5.49. The number of carbonyl (C=O) groups is 1. The van der Waals surface area contributed by atoms with Crippen molar-refractivity contribution in [3.05, 3.63) is 77.6 Å². The highest BCUT2D eigenvalue weighted by molar-refractivity contribution is 5.81. The minimum absolute atomic E-state index is 0.0780. The molecular weight excluding hydrogens is 438 g/mol. The van der Waals surface area contributed by atoms with E-state index >= 15 is 0 Å². The lowest BCUT2D eigenvalue weighted by Crippen LogP contribution is -2.43. The summed E-state index contributed by atoms with van der Waals surface area (Å²) in [7, 11) is 1.65. The standard InChI is InChI=1S/C28H31N5O2/c1-19-6-11-24(20(2)15-19)25-16-26-27(29-12-14-33(26)31-25)32-13-4-5-22(18-32)28(34)30-17-21-7-9-23(35-3)10-8-21/h6-12,14-16,22H,4-5,13,17-18H2,1-3H3,(H,30,34)/t22-/m0/s1. The van der Waals surface area contributed by atoms with E-state index in [1.807, 2.05) is 35.0 Å². The molecule has 1 aliphatic heterocycles. The van der Waals surface area contributed by atoms with Crippen molar-refractivity contribution >= 4 is 17.2 Å². The van der Waals surface area contributed by atoms with Gasteiger partial charge in [-0.15, -0.1) is 0 Å². The molecule has 0 saturated carbocycles. The van der Waals surface area contributed by atoms with Crippen LogP contribution in [-0.4, -0.2) is 40.7 Å². The summed E-state index contributed by atoms with van der Waals surface area (Å²) in [5.41, 5.74) is 6.51. The van der Waals surface area contributed by atoms with Gasteiger partial charge in [0.2, 0.25) is 5.91 Å². The number of rotatable bonds is 6. The van der Waals surface area contributed by atoms with Crippen molar-refractivity contribution in [1.29, 1.82) is 0 Å². The quantitative estimate of drug-likeness (QED) is 0.448. The fraction of sp³-hybridized carbons (Fsp3) is 0.321. The predicted molar refractivity (Wildman–Crippen MR) is 138 cm³/mol. The van der Waals surface area contributed by atoms with E-state index in [1.54, 1.807) is 13.3 Å². The number of aromatic nitrogens is 3. The maximum atomic E-state index is 13.0. The van der Waals surface area contributed by atoms with Gasteiger partial charge in [0, 0.05) is 37.6 Å². The van der Waals surface area contributed by atoms with Crippen LogP contribution in [0, 0.1) is 19.8 Å². The van der Waals surface area contributed by atoms with Crippen LogP contribution in [-0.2, 0) is 11.3 Å². The number of ether oxygens (including phenoxy) is 1. The molecule has 1 N–H and O–H groups in total. The minimum atomic E-state index is -0.0780. The Kier molecular flexibility index (Phi) is 6.40. The van der Waals surface area contributed by atoms with Gasteiger partial charge in [-0.05, 0) is 56.0 Å². The van der Waals surface area contributed by atoms with E-state index in [-0.39, 0.29) is 11.8 Å². The zero-order valence-corrected chi connectivity index (χ0v) is 20.5. The molecule has 0 spiro atoms. The minimum Gasteiger partial charge on any atom is -0.497 e. The molecule has 1 amide bonds. The Balaban J connectivity index is 1.32. The van der Waals surface area contributed by atoms with Gasteiger partial charge in [-0.2, -0.15) is 5.10 Å². The fourth-order valence-corrected chi connectivity index (χ4v) is 4.84. The van der Waals surface area contributed by atoms with Crippen molar-refractivity contribution in [2.75, 3.05) is 25.1 Å². The van der Waals surface area contributed by atoms with Crippen LogP contribution in [0.25, 0.3) is 16.8 Å². The van der Waals surface area contributed by atoms with Crippen LogP contribution in [0.3, 0.4) is 0 Å². The predicted octanol–water partition coefficient (Wildman–Crippen LogP) is 4.55. The van der Waals surface area contributed by atoms with Crippen LogP contribution in [0.5, 0.6) is 5.75 Å². The first-order valence-corrected chi connectivity index (χ1v) is 12.1. The smallest absolute Gasteiger partial charge is 0.225 e. The summed E-state index contributed by atoms with van der Waals surface area (Å²) in [4.78, 5) is 19.9. The highest BCUT2D eigenvalue weighted by Crippen LogP contribution is 2.30. The van der Waals surface area contributed by atoms with Gasteiger partial charge in [0.15, 0.2) is 5.82 Å². The number of amides is 1. The maximum absolute atomic E-state index is 13.0. The van der Waals surface area contributed by atoms with E-state index < -0.39 is 0 Å². The van der Waals surface area contributed by atoms with Gasteiger partial charge in [-0.25, -0.2) is 9.50 Å². The van der Waals surface area contributed by atoms with Gasteiger partial charge in [0.05, 0.1) is 18.7 Å². The lowest BCUT2D eigenvalue weighted by molar-refractivity contribution is -0.125. The third kappa shape index (κ3) is 4.85. The second-order valence-electron chi connectivity index (χ2n) is 9.28. The average molecular weight is 470 g/mol. The average Bonchev–Trinajstić information content (AvgIpc) is 3.31. The number of benzene rings is 2. The van der Waals surface area contributed by atoms with E-state index in [1.165, 1.54) is 11.1 Å². The van der Waals surface area contributed by atoms with Gasteiger partial charge in [-0.3, -0.25) is 4.79 Å². The molecule has 7 nitrogen and oxygen atoms in total. The Morgan fingerprint density at radius 2 is 1.97 bits per heavy atom. The molecule has 0 radical (unpaired) electrons. The number of anilines is 1. The molecule has 35 heavy (non-hydrogen) atoms. The van der Waals surface area contributed by atoms with Crippen molar-refractivity contribution in [3.63, 3.8) is 0 Å². The van der Waals surface area contributed by atoms with Crippen molar-refractivity contribution in [2.24, 2.45) is 5.92 Å². The molecule has 1 aliphatic rings. The zero-order valence-electron chi connectivity index (χ0n) is 20.5. The number of hydrogen-bond donors (Lipinski definition) is 1. The second kappa shape index (κ2) is 9.78. The number of piperidine rings is 1. The van der Waals surface area contributed by atoms with E-state index in [0.29, 0.717) is 13.1 Å². The van der Waals surface area contributed by atoms with Crippen molar-refractivity contribution in [3.8, 4) is 17.0 Å². The molecule has 0 unspecified atom stereocenters. The van der Waals surface area contributed by atoms with Crippen LogP contribution in [0.1, 0.15) is 29.5 Å². The van der Waals surface area contributed by atoms with E-state index in [0.717, 1.165) is 53.3 Å². The number of nitrogens with zero attached hydrogens (tertiary/aromatic N) is 4. The Labute approximate surface area is 205 Å². The van der Waals surface area contributed by atoms with Gasteiger partial charge < -0.3 is 15.0 Å². The molecule has 2 aromatic heterocycles. The largest absolute Gasteiger partial charge is 0.497 e. The SMILES string of the molecule is COc1ccc(CNC(=O)[C@H]2CCCN(c3nccn4nc(-c5ccc(C)cc5C)cc34)C2)cc1. The first-order chi connectivity index (χ1) is 17.0. The molecule has 2 aromatic carbocycles. The molecule has 1 fully saturated rings. The van der Waals surface area contributed by atoms with Gasteiger partial charge in [0.1, 0.15) is 11.3 Å². The topological polar surface area (TPSA) is 71.8 Å². The number of carbonyl (C=O) groups excluding carboxylic acids is 1. The first kappa shape index (κ1) is 22.9. The summed E-state index contributed by atoms with van der Waals surface area (Å²) in [6, 6.07) is 16.3. The molecule has 4 aromatic rings. The van der Waals surface area contributed by atoms with Gasteiger partial charge >= 0.3 is 0 Å². The van der Waals surface area contributed by atoms with E-state index in [2.05, 4.69) is 48.3 Å². The molecule has 1 atom stereocenters. The summed E-state index contributed by atoms with van der Waals surface area (Å²) in [5, 5.41) is 7.93. The highest BCUT2D eigenvalue weighted by atomic mass is 16.5. The highest BCUT2D eigenvalue weighted by Gasteiger charge is 2.28. The molecule has 1 saturated heterocycles. The van der Waals surface area contributed by atoms with Crippen LogP contribution in [0.2, 0.25) is 0 Å². The molecular formula is C28H31N5O2. The number of fused-ring (bicyclic) bond motifs is 1. The van der Waals surface area contributed by atoms with Crippen LogP contribution in [0.4, 0.5) is 5.82 Å². The number of hydrogen-bond acceptors (Lipinski definition) is 5. The summed E-state index contributed by atoms with van der Waals surface area (Å²) in [6.45, 7) is 6.24. The number of methoxy groups -OCH3 is 1. The first-order valence-electron chi connectivity index (χ1n) is 12.1. The molecule has 180 valence electrons. The summed E-state index contributed by atoms with van der Waals surface area (Å²) < 4.78 is 7.10. The number of nitrogens with one attached hydrogen (secondary N) is 1. The summed E-state index contributed by atoms with van der Waals surface area (Å²) in [5.74, 6) is 1.70. The zero-order chi connectivity index (χ0) is 24.4. The van der Waals surface area contributed by atoms with Crippen LogP contribution < -0.4 is 15.0 Å². The lowest BCUT2D eigenvalue weighted by Gasteiger charge is -2.33. The third-order valence-electron chi connectivity index (χ3n) is 6.74. The second-order valence-corrected chi connectivity index (χ2v) is 9.28. The van der Waals surface area contributed by atoms with Gasteiger partial charge in [0.25, 0.3) is 0 Å². The number of aryl methyl sites for hydroxylation is 2.